The molecule has 1 rings (SSSR count). The van der Waals surface area contributed by atoms with Gasteiger partial charge in [0, 0.05) is 18.2 Å². The Morgan fingerprint density at radius 2 is 2.00 bits per heavy atom. The van der Waals surface area contributed by atoms with E-state index >= 15 is 0 Å². The van der Waals surface area contributed by atoms with Crippen molar-refractivity contribution in [3.05, 3.63) is 29.8 Å². The van der Waals surface area contributed by atoms with Crippen LogP contribution in [-0.4, -0.2) is 26.2 Å². The van der Waals surface area contributed by atoms with Crippen molar-refractivity contribution >= 4 is 5.97 Å². The molecule has 4 heteroatoms. The largest absolute Gasteiger partial charge is 0.496 e. The number of ether oxygens (including phenoxy) is 2. The highest BCUT2D eigenvalue weighted by Gasteiger charge is 2.16. The van der Waals surface area contributed by atoms with Crippen molar-refractivity contribution in [2.45, 2.75) is 26.8 Å². The van der Waals surface area contributed by atoms with E-state index in [0.29, 0.717) is 13.2 Å². The summed E-state index contributed by atoms with van der Waals surface area (Å²) in [6, 6.07) is 7.99. The summed E-state index contributed by atoms with van der Waals surface area (Å²) in [7, 11) is 1.66. The van der Waals surface area contributed by atoms with E-state index < -0.39 is 0 Å². The van der Waals surface area contributed by atoms with Crippen LogP contribution in [0.15, 0.2) is 24.3 Å². The summed E-state index contributed by atoms with van der Waals surface area (Å²) < 4.78 is 10.3. The van der Waals surface area contributed by atoms with Crippen molar-refractivity contribution < 1.29 is 14.3 Å². The minimum atomic E-state index is -0.165. The van der Waals surface area contributed by atoms with E-state index in [1.54, 1.807) is 7.11 Å². The first-order valence-electron chi connectivity index (χ1n) is 6.63. The lowest BCUT2D eigenvalue weighted by Gasteiger charge is -2.19. The Balaban J connectivity index is 2.55. The van der Waals surface area contributed by atoms with Crippen LogP contribution in [0.25, 0.3) is 0 Å². The SMILES string of the molecule is CCOC(=O)C(C)CN[C@H](C)c1ccccc1OC. The maximum Gasteiger partial charge on any atom is 0.309 e. The number of carbonyl (C=O) groups is 1. The van der Waals surface area contributed by atoms with Gasteiger partial charge < -0.3 is 14.8 Å². The van der Waals surface area contributed by atoms with Gasteiger partial charge in [-0.2, -0.15) is 0 Å². The summed E-state index contributed by atoms with van der Waals surface area (Å²) in [4.78, 5) is 11.5. The molecule has 0 saturated carbocycles. The molecule has 0 radical (unpaired) electrons. The van der Waals surface area contributed by atoms with E-state index in [1.165, 1.54) is 0 Å². The maximum absolute atomic E-state index is 11.5. The van der Waals surface area contributed by atoms with Crippen LogP contribution in [0, 0.1) is 5.92 Å². The van der Waals surface area contributed by atoms with E-state index in [0.717, 1.165) is 11.3 Å². The first kappa shape index (κ1) is 15.5. The average molecular weight is 265 g/mol. The fraction of sp³-hybridized carbons (Fsp3) is 0.533. The van der Waals surface area contributed by atoms with Crippen molar-refractivity contribution in [2.75, 3.05) is 20.3 Å². The van der Waals surface area contributed by atoms with Gasteiger partial charge in [-0.15, -0.1) is 0 Å². The molecule has 1 N–H and O–H groups in total. The number of esters is 1. The molecule has 0 amide bonds. The Morgan fingerprint density at radius 1 is 1.32 bits per heavy atom. The smallest absolute Gasteiger partial charge is 0.309 e. The molecular weight excluding hydrogens is 242 g/mol. The van der Waals surface area contributed by atoms with Gasteiger partial charge in [-0.05, 0) is 19.9 Å². The van der Waals surface area contributed by atoms with Gasteiger partial charge in [-0.3, -0.25) is 4.79 Å². The van der Waals surface area contributed by atoms with E-state index in [4.69, 9.17) is 9.47 Å². The predicted octanol–water partition coefficient (Wildman–Crippen LogP) is 2.55. The number of rotatable bonds is 7. The lowest BCUT2D eigenvalue weighted by atomic mass is 10.1. The van der Waals surface area contributed by atoms with Crippen molar-refractivity contribution in [3.63, 3.8) is 0 Å². The number of methoxy groups -OCH3 is 1. The molecule has 0 saturated heterocycles. The van der Waals surface area contributed by atoms with Gasteiger partial charge in [-0.1, -0.05) is 25.1 Å². The summed E-state index contributed by atoms with van der Waals surface area (Å²) in [6.45, 7) is 6.73. The standard InChI is InChI=1S/C15H23NO3/c1-5-19-15(17)11(2)10-16-12(3)13-8-6-7-9-14(13)18-4/h6-9,11-12,16H,5,10H2,1-4H3/t11?,12-/m1/s1. The molecule has 2 atom stereocenters. The quantitative estimate of drug-likeness (QED) is 0.770. The van der Waals surface area contributed by atoms with Crippen molar-refractivity contribution in [3.8, 4) is 5.75 Å². The van der Waals surface area contributed by atoms with Gasteiger partial charge >= 0.3 is 5.97 Å². The molecule has 0 aromatic heterocycles. The second-order valence-corrected chi connectivity index (χ2v) is 4.52. The Kier molecular flexibility index (Phi) is 6.36. The third kappa shape index (κ3) is 4.56. The molecule has 0 aliphatic carbocycles. The van der Waals surface area contributed by atoms with E-state index in [2.05, 4.69) is 12.2 Å². The second-order valence-electron chi connectivity index (χ2n) is 4.52. The summed E-state index contributed by atoms with van der Waals surface area (Å²) >= 11 is 0. The first-order valence-corrected chi connectivity index (χ1v) is 6.63. The molecule has 0 bridgehead atoms. The molecule has 0 heterocycles. The molecule has 1 aromatic rings. The molecule has 0 fully saturated rings. The average Bonchev–Trinajstić information content (AvgIpc) is 2.44. The highest BCUT2D eigenvalue weighted by molar-refractivity contribution is 5.72. The van der Waals surface area contributed by atoms with Crippen molar-refractivity contribution in [2.24, 2.45) is 5.92 Å². The molecule has 1 aromatic carbocycles. The van der Waals surface area contributed by atoms with Crippen LogP contribution in [0.2, 0.25) is 0 Å². The third-order valence-electron chi connectivity index (χ3n) is 3.02. The molecule has 19 heavy (non-hydrogen) atoms. The zero-order valence-corrected chi connectivity index (χ0v) is 12.1. The van der Waals surface area contributed by atoms with E-state index in [-0.39, 0.29) is 17.9 Å². The van der Waals surface area contributed by atoms with Crippen molar-refractivity contribution in [1.29, 1.82) is 0 Å². The zero-order valence-electron chi connectivity index (χ0n) is 12.1. The van der Waals surface area contributed by atoms with Crippen LogP contribution in [0.4, 0.5) is 0 Å². The Morgan fingerprint density at radius 3 is 2.63 bits per heavy atom. The van der Waals surface area contributed by atoms with E-state index in [1.807, 2.05) is 38.1 Å². The summed E-state index contributed by atoms with van der Waals surface area (Å²) in [5.74, 6) is 0.533. The maximum atomic E-state index is 11.5. The van der Waals surface area contributed by atoms with Crippen LogP contribution in [-0.2, 0) is 9.53 Å². The normalized spacial score (nSPS) is 13.7. The lowest BCUT2D eigenvalue weighted by molar-refractivity contribution is -0.147. The van der Waals surface area contributed by atoms with Crippen LogP contribution in [0.1, 0.15) is 32.4 Å². The summed E-state index contributed by atoms with van der Waals surface area (Å²) in [5.41, 5.74) is 1.08. The fourth-order valence-corrected chi connectivity index (χ4v) is 1.86. The van der Waals surface area contributed by atoms with Crippen LogP contribution >= 0.6 is 0 Å². The van der Waals surface area contributed by atoms with Gasteiger partial charge in [0.25, 0.3) is 0 Å². The van der Waals surface area contributed by atoms with Crippen LogP contribution in [0.5, 0.6) is 5.75 Å². The van der Waals surface area contributed by atoms with Crippen LogP contribution < -0.4 is 10.1 Å². The monoisotopic (exact) mass is 265 g/mol. The Bertz CT molecular complexity index is 406. The van der Waals surface area contributed by atoms with Gasteiger partial charge in [0.2, 0.25) is 0 Å². The second kappa shape index (κ2) is 7.79. The molecule has 1 unspecified atom stereocenters. The first-order chi connectivity index (χ1) is 9.10. The number of benzene rings is 1. The highest BCUT2D eigenvalue weighted by Crippen LogP contribution is 2.24. The fourth-order valence-electron chi connectivity index (χ4n) is 1.86. The zero-order chi connectivity index (χ0) is 14.3. The predicted molar refractivity (Wildman–Crippen MR) is 75.2 cm³/mol. The topological polar surface area (TPSA) is 47.6 Å². The van der Waals surface area contributed by atoms with Gasteiger partial charge in [0.05, 0.1) is 19.6 Å². The number of hydrogen-bond donors (Lipinski definition) is 1. The Hall–Kier alpha value is -1.55. The van der Waals surface area contributed by atoms with E-state index in [9.17, 15) is 4.79 Å². The van der Waals surface area contributed by atoms with Gasteiger partial charge in [0.1, 0.15) is 5.75 Å². The highest BCUT2D eigenvalue weighted by atomic mass is 16.5. The minimum Gasteiger partial charge on any atom is -0.496 e. The number of carbonyl (C=O) groups excluding carboxylic acids is 1. The van der Waals surface area contributed by atoms with Crippen LogP contribution in [0.3, 0.4) is 0 Å². The minimum absolute atomic E-state index is 0.119. The number of nitrogens with one attached hydrogen (secondary N) is 1. The number of para-hydroxylation sites is 1. The summed E-state index contributed by atoms with van der Waals surface area (Å²) in [5, 5.41) is 3.33. The van der Waals surface area contributed by atoms with Crippen molar-refractivity contribution in [1.82, 2.24) is 5.32 Å². The molecule has 0 aliphatic rings. The Labute approximate surface area is 115 Å². The third-order valence-corrected chi connectivity index (χ3v) is 3.02. The number of hydrogen-bond acceptors (Lipinski definition) is 4. The van der Waals surface area contributed by atoms with Gasteiger partial charge in [-0.25, -0.2) is 0 Å². The lowest BCUT2D eigenvalue weighted by Crippen LogP contribution is -2.30. The molecular formula is C15H23NO3. The molecule has 0 spiro atoms. The molecule has 106 valence electrons. The summed E-state index contributed by atoms with van der Waals surface area (Å²) in [6.07, 6.45) is 0. The molecule has 0 aliphatic heterocycles. The van der Waals surface area contributed by atoms with Gasteiger partial charge in [0.15, 0.2) is 0 Å². The molecule has 4 nitrogen and oxygen atoms in total.